The molecule has 1 aliphatic heterocycles. The van der Waals surface area contributed by atoms with E-state index >= 15 is 0 Å². The van der Waals surface area contributed by atoms with E-state index < -0.39 is 0 Å². The van der Waals surface area contributed by atoms with Gasteiger partial charge in [0.25, 0.3) is 0 Å². The van der Waals surface area contributed by atoms with Gasteiger partial charge >= 0.3 is 0 Å². The highest BCUT2D eigenvalue weighted by Crippen LogP contribution is 2.26. The van der Waals surface area contributed by atoms with E-state index in [1.54, 1.807) is 18.1 Å². The summed E-state index contributed by atoms with van der Waals surface area (Å²) < 4.78 is 0. The normalized spacial score (nSPS) is 17.0. The number of fused-ring (bicyclic) bond motifs is 1. The van der Waals surface area contributed by atoms with E-state index in [-0.39, 0.29) is 6.04 Å². The zero-order chi connectivity index (χ0) is 15.5. The van der Waals surface area contributed by atoms with Crippen molar-refractivity contribution >= 4 is 11.8 Å². The van der Waals surface area contributed by atoms with Gasteiger partial charge in [-0.25, -0.2) is 15.0 Å². The summed E-state index contributed by atoms with van der Waals surface area (Å²) in [7, 11) is 0. The molecule has 4 rings (SSSR count). The zero-order valence-corrected chi connectivity index (χ0v) is 13.4. The molecule has 2 N–H and O–H groups in total. The molecule has 1 aliphatic rings. The van der Waals surface area contributed by atoms with Crippen LogP contribution in [-0.2, 0) is 12.2 Å². The lowest BCUT2D eigenvalue weighted by atomic mass is 10.0. The van der Waals surface area contributed by atoms with E-state index in [4.69, 9.17) is 0 Å². The smallest absolute Gasteiger partial charge is 0.187 e. The molecule has 3 aromatic rings. The van der Waals surface area contributed by atoms with Gasteiger partial charge in [0.15, 0.2) is 5.16 Å². The van der Waals surface area contributed by atoms with Gasteiger partial charge in [0, 0.05) is 42.4 Å². The number of aromatic amines is 1. The van der Waals surface area contributed by atoms with E-state index in [0.29, 0.717) is 0 Å². The number of imidazole rings is 1. The Hall–Kier alpha value is -2.18. The van der Waals surface area contributed by atoms with Gasteiger partial charge in [0.2, 0.25) is 0 Å². The second-order valence-corrected chi connectivity index (χ2v) is 6.42. The number of thioether (sulfide) groups is 1. The molecule has 0 fully saturated rings. The number of hydrogen-bond donors (Lipinski definition) is 2. The molecule has 0 amide bonds. The van der Waals surface area contributed by atoms with E-state index in [0.717, 1.165) is 35.1 Å². The molecule has 0 saturated heterocycles. The molecule has 0 unspecified atom stereocenters. The second kappa shape index (κ2) is 6.52. The first-order valence-electron chi connectivity index (χ1n) is 7.64. The van der Waals surface area contributed by atoms with Gasteiger partial charge < -0.3 is 10.3 Å². The fraction of sp³-hybridized carbons (Fsp3) is 0.235. The van der Waals surface area contributed by atoms with Gasteiger partial charge in [-0.3, -0.25) is 0 Å². The summed E-state index contributed by atoms with van der Waals surface area (Å²) in [6.07, 6.45) is 6.55. The Labute approximate surface area is 139 Å². The Balaban J connectivity index is 1.47. The third kappa shape index (κ3) is 3.13. The van der Waals surface area contributed by atoms with Crippen molar-refractivity contribution < 1.29 is 0 Å². The SMILES string of the molecule is c1ccc(CSc2ncc([C@H]3NCCc4[nH]cnc43)cn2)cc1. The minimum Gasteiger partial charge on any atom is -0.348 e. The summed E-state index contributed by atoms with van der Waals surface area (Å²) >= 11 is 1.65. The van der Waals surface area contributed by atoms with Crippen molar-refractivity contribution in [2.24, 2.45) is 0 Å². The first-order valence-corrected chi connectivity index (χ1v) is 8.63. The Morgan fingerprint density at radius 2 is 1.91 bits per heavy atom. The van der Waals surface area contributed by atoms with E-state index in [1.165, 1.54) is 11.3 Å². The molecule has 1 aromatic carbocycles. The first kappa shape index (κ1) is 14.4. The molecule has 2 aromatic heterocycles. The van der Waals surface area contributed by atoms with Crippen LogP contribution in [0.2, 0.25) is 0 Å². The van der Waals surface area contributed by atoms with Crippen LogP contribution in [0, 0.1) is 0 Å². The van der Waals surface area contributed by atoms with Gasteiger partial charge in [0.1, 0.15) is 0 Å². The lowest BCUT2D eigenvalue weighted by Crippen LogP contribution is -2.30. The molecule has 116 valence electrons. The number of benzene rings is 1. The molecule has 1 atom stereocenters. The Morgan fingerprint density at radius 1 is 1.09 bits per heavy atom. The van der Waals surface area contributed by atoms with Crippen molar-refractivity contribution in [1.82, 2.24) is 25.3 Å². The van der Waals surface area contributed by atoms with E-state index in [2.05, 4.69) is 49.5 Å². The minimum atomic E-state index is 0.0816. The van der Waals surface area contributed by atoms with Crippen molar-refractivity contribution in [3.63, 3.8) is 0 Å². The Morgan fingerprint density at radius 3 is 2.74 bits per heavy atom. The van der Waals surface area contributed by atoms with E-state index in [1.807, 2.05) is 18.5 Å². The quantitative estimate of drug-likeness (QED) is 0.571. The molecule has 3 heterocycles. The summed E-state index contributed by atoms with van der Waals surface area (Å²) in [5.74, 6) is 0.880. The van der Waals surface area contributed by atoms with Crippen LogP contribution in [-0.4, -0.2) is 26.5 Å². The Kier molecular flexibility index (Phi) is 4.08. The number of aromatic nitrogens is 4. The van der Waals surface area contributed by atoms with Crippen molar-refractivity contribution in [3.05, 3.63) is 71.6 Å². The molecule has 0 radical (unpaired) electrons. The largest absolute Gasteiger partial charge is 0.348 e. The summed E-state index contributed by atoms with van der Waals surface area (Å²) in [4.78, 5) is 16.6. The number of nitrogens with zero attached hydrogens (tertiary/aromatic N) is 3. The number of rotatable bonds is 4. The summed E-state index contributed by atoms with van der Waals surface area (Å²) in [6.45, 7) is 0.935. The summed E-state index contributed by atoms with van der Waals surface area (Å²) in [6, 6.07) is 10.4. The van der Waals surface area contributed by atoms with Crippen LogP contribution in [0.4, 0.5) is 0 Å². The molecular formula is C17H17N5S. The molecule has 0 aliphatic carbocycles. The van der Waals surface area contributed by atoms with Crippen LogP contribution in [0.15, 0.2) is 54.2 Å². The molecule has 5 nitrogen and oxygen atoms in total. The van der Waals surface area contributed by atoms with Crippen LogP contribution < -0.4 is 5.32 Å². The van der Waals surface area contributed by atoms with Crippen molar-refractivity contribution in [3.8, 4) is 0 Å². The lowest BCUT2D eigenvalue weighted by molar-refractivity contribution is 0.549. The van der Waals surface area contributed by atoms with Gasteiger partial charge in [0.05, 0.1) is 18.1 Å². The van der Waals surface area contributed by atoms with Gasteiger partial charge in [-0.2, -0.15) is 0 Å². The number of nitrogens with one attached hydrogen (secondary N) is 2. The predicted octanol–water partition coefficient (Wildman–Crippen LogP) is 2.73. The molecule has 6 heteroatoms. The lowest BCUT2D eigenvalue weighted by Gasteiger charge is -2.22. The summed E-state index contributed by atoms with van der Waals surface area (Å²) in [5.41, 5.74) is 4.60. The topological polar surface area (TPSA) is 66.5 Å². The molecule has 0 saturated carbocycles. The van der Waals surface area contributed by atoms with Gasteiger partial charge in [-0.15, -0.1) is 0 Å². The maximum absolute atomic E-state index is 4.50. The highest BCUT2D eigenvalue weighted by molar-refractivity contribution is 7.98. The predicted molar refractivity (Wildman–Crippen MR) is 90.2 cm³/mol. The van der Waals surface area contributed by atoms with Crippen molar-refractivity contribution in [2.45, 2.75) is 23.4 Å². The molecule has 0 bridgehead atoms. The minimum absolute atomic E-state index is 0.0816. The third-order valence-electron chi connectivity index (χ3n) is 3.94. The average molecular weight is 323 g/mol. The average Bonchev–Trinajstić information content (AvgIpc) is 3.10. The van der Waals surface area contributed by atoms with Crippen LogP contribution in [0.3, 0.4) is 0 Å². The highest BCUT2D eigenvalue weighted by atomic mass is 32.2. The highest BCUT2D eigenvalue weighted by Gasteiger charge is 2.24. The van der Waals surface area contributed by atoms with E-state index in [9.17, 15) is 0 Å². The maximum atomic E-state index is 4.50. The van der Waals surface area contributed by atoms with Gasteiger partial charge in [-0.05, 0) is 5.56 Å². The Bertz CT molecular complexity index is 769. The van der Waals surface area contributed by atoms with Gasteiger partial charge in [-0.1, -0.05) is 42.1 Å². The number of hydrogen-bond acceptors (Lipinski definition) is 5. The fourth-order valence-electron chi connectivity index (χ4n) is 2.77. The monoisotopic (exact) mass is 323 g/mol. The molecular weight excluding hydrogens is 306 g/mol. The fourth-order valence-corrected chi connectivity index (χ4v) is 3.51. The van der Waals surface area contributed by atoms with Crippen LogP contribution in [0.1, 0.15) is 28.6 Å². The zero-order valence-electron chi connectivity index (χ0n) is 12.6. The molecule has 23 heavy (non-hydrogen) atoms. The second-order valence-electron chi connectivity index (χ2n) is 5.48. The standard InChI is InChI=1S/C17H17N5S/c1-2-4-12(5-3-1)10-23-17-19-8-13(9-20-17)15-16-14(6-7-18-15)21-11-22-16/h1-5,8-9,11,15,18H,6-7,10H2,(H,21,22)/t15-/m1/s1. The number of H-pyrrole nitrogens is 1. The third-order valence-corrected chi connectivity index (χ3v) is 4.89. The molecule has 0 spiro atoms. The van der Waals surface area contributed by atoms with Crippen molar-refractivity contribution in [2.75, 3.05) is 6.54 Å². The van der Waals surface area contributed by atoms with Crippen LogP contribution in [0.5, 0.6) is 0 Å². The van der Waals surface area contributed by atoms with Crippen LogP contribution >= 0.6 is 11.8 Å². The first-order chi connectivity index (χ1) is 11.4. The maximum Gasteiger partial charge on any atom is 0.187 e. The van der Waals surface area contributed by atoms with Crippen LogP contribution in [0.25, 0.3) is 0 Å². The van der Waals surface area contributed by atoms with Crippen molar-refractivity contribution in [1.29, 1.82) is 0 Å². The summed E-state index contributed by atoms with van der Waals surface area (Å²) in [5, 5.41) is 4.29.